The van der Waals surface area contributed by atoms with Gasteiger partial charge < -0.3 is 15.2 Å². The van der Waals surface area contributed by atoms with Gasteiger partial charge in [0.1, 0.15) is 5.69 Å². The van der Waals surface area contributed by atoms with Crippen molar-refractivity contribution in [2.45, 2.75) is 31.3 Å². The molecule has 2 aliphatic rings. The van der Waals surface area contributed by atoms with E-state index >= 15 is 0 Å². The molecule has 2 fully saturated rings. The van der Waals surface area contributed by atoms with E-state index in [9.17, 15) is 4.79 Å². The number of nitrogens with two attached hydrogens (primary N) is 1. The number of halogens is 1. The van der Waals surface area contributed by atoms with E-state index < -0.39 is 0 Å². The number of carbonyl (C=O) groups is 1. The van der Waals surface area contributed by atoms with Crippen molar-refractivity contribution < 1.29 is 4.79 Å². The summed E-state index contributed by atoms with van der Waals surface area (Å²) in [4.78, 5) is 14.2. The molecule has 1 aliphatic heterocycles. The summed E-state index contributed by atoms with van der Waals surface area (Å²) in [5.41, 5.74) is 6.54. The summed E-state index contributed by atoms with van der Waals surface area (Å²) in [6.45, 7) is 1.42. The molecule has 92 valence electrons. The van der Waals surface area contributed by atoms with Gasteiger partial charge in [0.25, 0.3) is 5.91 Å². The molecule has 1 aromatic rings. The van der Waals surface area contributed by atoms with E-state index in [1.54, 1.807) is 6.07 Å². The van der Waals surface area contributed by atoms with Crippen LogP contribution in [0.4, 0.5) is 0 Å². The maximum absolute atomic E-state index is 12.3. The van der Waals surface area contributed by atoms with E-state index in [0.717, 1.165) is 25.8 Å². The minimum Gasteiger partial charge on any atom is -0.339 e. The van der Waals surface area contributed by atoms with Crippen LogP contribution in [0.2, 0.25) is 5.02 Å². The lowest BCUT2D eigenvalue weighted by Crippen LogP contribution is -2.33. The van der Waals surface area contributed by atoms with E-state index in [4.69, 9.17) is 17.3 Å². The van der Waals surface area contributed by atoms with Crippen LogP contribution in [0, 0.1) is 0 Å². The highest BCUT2D eigenvalue weighted by Gasteiger charge is 2.31. The predicted octanol–water partition coefficient (Wildman–Crippen LogP) is 1.65. The third-order valence-corrected chi connectivity index (χ3v) is 3.69. The first-order valence-corrected chi connectivity index (χ1v) is 6.45. The molecule has 0 spiro atoms. The average Bonchev–Trinajstić information content (AvgIpc) is 2.94. The number of nitrogens with zero attached hydrogens (tertiary/aromatic N) is 2. The first-order valence-electron chi connectivity index (χ1n) is 6.07. The van der Waals surface area contributed by atoms with Gasteiger partial charge in [0, 0.05) is 31.4 Å². The highest BCUT2D eigenvalue weighted by atomic mass is 35.5. The third-order valence-electron chi connectivity index (χ3n) is 3.49. The summed E-state index contributed by atoms with van der Waals surface area (Å²) in [6, 6.07) is 2.36. The van der Waals surface area contributed by atoms with E-state index in [1.807, 2.05) is 15.7 Å². The second kappa shape index (κ2) is 4.03. The highest BCUT2D eigenvalue weighted by molar-refractivity contribution is 6.31. The van der Waals surface area contributed by atoms with Crippen LogP contribution in [-0.4, -0.2) is 34.5 Å². The monoisotopic (exact) mass is 253 g/mol. The molecule has 0 unspecified atom stereocenters. The van der Waals surface area contributed by atoms with Crippen LogP contribution in [0.25, 0.3) is 0 Å². The Morgan fingerprint density at radius 2 is 2.18 bits per heavy atom. The molecule has 2 heterocycles. The minimum absolute atomic E-state index is 0.0664. The number of aromatic nitrogens is 1. The van der Waals surface area contributed by atoms with Crippen LogP contribution in [-0.2, 0) is 0 Å². The normalized spacial score (nSPS) is 24.4. The van der Waals surface area contributed by atoms with Crippen molar-refractivity contribution in [2.24, 2.45) is 5.73 Å². The molecule has 17 heavy (non-hydrogen) atoms. The van der Waals surface area contributed by atoms with Crippen molar-refractivity contribution in [2.75, 3.05) is 13.1 Å². The second-order valence-corrected chi connectivity index (χ2v) is 5.42. The number of rotatable bonds is 2. The van der Waals surface area contributed by atoms with Gasteiger partial charge in [0.15, 0.2) is 0 Å². The number of hydrogen-bond donors (Lipinski definition) is 1. The van der Waals surface area contributed by atoms with Gasteiger partial charge in [-0.2, -0.15) is 0 Å². The lowest BCUT2D eigenvalue weighted by atomic mass is 10.3. The van der Waals surface area contributed by atoms with Crippen LogP contribution in [0.1, 0.15) is 35.8 Å². The quantitative estimate of drug-likeness (QED) is 0.871. The summed E-state index contributed by atoms with van der Waals surface area (Å²) in [5.74, 6) is 0.0664. The molecular formula is C12H16ClN3O. The molecule has 2 N–H and O–H groups in total. The van der Waals surface area contributed by atoms with Crippen LogP contribution < -0.4 is 5.73 Å². The Balaban J connectivity index is 1.85. The fraction of sp³-hybridized carbons (Fsp3) is 0.583. The zero-order valence-corrected chi connectivity index (χ0v) is 10.4. The lowest BCUT2D eigenvalue weighted by Gasteiger charge is -2.17. The van der Waals surface area contributed by atoms with Crippen molar-refractivity contribution in [1.82, 2.24) is 9.47 Å². The van der Waals surface area contributed by atoms with Crippen molar-refractivity contribution in [3.63, 3.8) is 0 Å². The van der Waals surface area contributed by atoms with Gasteiger partial charge in [0.05, 0.1) is 5.02 Å². The number of likely N-dealkylation sites (tertiary alicyclic amines) is 1. The van der Waals surface area contributed by atoms with Crippen LogP contribution >= 0.6 is 11.6 Å². The molecular weight excluding hydrogens is 238 g/mol. The fourth-order valence-corrected chi connectivity index (χ4v) is 2.61. The zero-order chi connectivity index (χ0) is 12.0. The number of hydrogen-bond acceptors (Lipinski definition) is 2. The van der Waals surface area contributed by atoms with E-state index in [2.05, 4.69) is 0 Å². The average molecular weight is 254 g/mol. The summed E-state index contributed by atoms with van der Waals surface area (Å²) < 4.78 is 2.02. The smallest absolute Gasteiger partial charge is 0.270 e. The largest absolute Gasteiger partial charge is 0.339 e. The first kappa shape index (κ1) is 11.1. The Morgan fingerprint density at radius 3 is 2.76 bits per heavy atom. The molecule has 5 heteroatoms. The van der Waals surface area contributed by atoms with Crippen molar-refractivity contribution in [3.8, 4) is 0 Å². The Morgan fingerprint density at radius 1 is 1.41 bits per heavy atom. The zero-order valence-electron chi connectivity index (χ0n) is 9.60. The molecule has 1 saturated heterocycles. The lowest BCUT2D eigenvalue weighted by molar-refractivity contribution is 0.0780. The molecule has 3 rings (SSSR count). The standard InChI is InChI=1S/C12H16ClN3O/c13-8-5-11(16(6-8)10-1-2-10)12(17)15-4-3-9(14)7-15/h5-6,9-10H,1-4,7,14H2/t9-/m1/s1. The Kier molecular flexibility index (Phi) is 2.64. The second-order valence-electron chi connectivity index (χ2n) is 4.98. The molecule has 1 atom stereocenters. The third kappa shape index (κ3) is 2.07. The SMILES string of the molecule is N[C@@H]1CCN(C(=O)c2cc(Cl)cn2C2CC2)C1. The van der Waals surface area contributed by atoms with Crippen LogP contribution in [0.3, 0.4) is 0 Å². The van der Waals surface area contributed by atoms with Crippen molar-refractivity contribution >= 4 is 17.5 Å². The van der Waals surface area contributed by atoms with Gasteiger partial charge in [-0.05, 0) is 25.3 Å². The fourth-order valence-electron chi connectivity index (χ4n) is 2.41. The molecule has 0 bridgehead atoms. The minimum atomic E-state index is 0.0664. The van der Waals surface area contributed by atoms with Gasteiger partial charge in [-0.1, -0.05) is 11.6 Å². The summed E-state index contributed by atoms with van der Waals surface area (Å²) in [5, 5.41) is 0.642. The predicted molar refractivity (Wildman–Crippen MR) is 66.2 cm³/mol. The van der Waals surface area contributed by atoms with Crippen LogP contribution in [0.5, 0.6) is 0 Å². The van der Waals surface area contributed by atoms with Gasteiger partial charge in [0.2, 0.25) is 0 Å². The van der Waals surface area contributed by atoms with E-state index in [0.29, 0.717) is 23.3 Å². The maximum atomic E-state index is 12.3. The van der Waals surface area contributed by atoms with Crippen LogP contribution in [0.15, 0.2) is 12.3 Å². The maximum Gasteiger partial charge on any atom is 0.270 e. The van der Waals surface area contributed by atoms with E-state index in [-0.39, 0.29) is 11.9 Å². The topological polar surface area (TPSA) is 51.3 Å². The first-order chi connectivity index (χ1) is 8.15. The van der Waals surface area contributed by atoms with Gasteiger partial charge >= 0.3 is 0 Å². The number of carbonyl (C=O) groups excluding carboxylic acids is 1. The number of amides is 1. The summed E-state index contributed by atoms with van der Waals surface area (Å²) >= 11 is 6.00. The molecule has 1 aromatic heterocycles. The van der Waals surface area contributed by atoms with Crippen molar-refractivity contribution in [3.05, 3.63) is 23.0 Å². The molecule has 4 nitrogen and oxygen atoms in total. The molecule has 1 aliphatic carbocycles. The van der Waals surface area contributed by atoms with Gasteiger partial charge in [-0.25, -0.2) is 0 Å². The Labute approximate surface area is 105 Å². The highest BCUT2D eigenvalue weighted by Crippen LogP contribution is 2.37. The molecule has 1 saturated carbocycles. The van der Waals surface area contributed by atoms with Gasteiger partial charge in [-0.15, -0.1) is 0 Å². The van der Waals surface area contributed by atoms with Crippen molar-refractivity contribution in [1.29, 1.82) is 0 Å². The Bertz CT molecular complexity index is 453. The molecule has 0 aromatic carbocycles. The van der Waals surface area contributed by atoms with E-state index in [1.165, 1.54) is 0 Å². The molecule has 1 amide bonds. The summed E-state index contributed by atoms with van der Waals surface area (Å²) in [6.07, 6.45) is 5.04. The molecule has 0 radical (unpaired) electrons. The Hall–Kier alpha value is -1.00. The van der Waals surface area contributed by atoms with Gasteiger partial charge in [-0.3, -0.25) is 4.79 Å². The summed E-state index contributed by atoms with van der Waals surface area (Å²) in [7, 11) is 0.